The molecule has 0 radical (unpaired) electrons. The summed E-state index contributed by atoms with van der Waals surface area (Å²) in [4.78, 5) is 15.4. The van der Waals surface area contributed by atoms with Crippen molar-refractivity contribution in [1.82, 2.24) is 15.2 Å². The molecule has 14 heavy (non-hydrogen) atoms. The van der Waals surface area contributed by atoms with Crippen LogP contribution < -0.4 is 11.1 Å². The zero-order valence-electron chi connectivity index (χ0n) is 7.95. The molecular weight excluding hydrogens is 182 g/mol. The van der Waals surface area contributed by atoms with Crippen molar-refractivity contribution in [2.45, 2.75) is 25.8 Å². The second-order valence-corrected chi connectivity index (χ2v) is 3.60. The molecule has 0 aromatic carbocycles. The van der Waals surface area contributed by atoms with Crippen molar-refractivity contribution in [2.75, 3.05) is 5.32 Å². The van der Waals surface area contributed by atoms with Gasteiger partial charge in [0.15, 0.2) is 0 Å². The van der Waals surface area contributed by atoms with Gasteiger partial charge in [-0.25, -0.2) is 0 Å². The van der Waals surface area contributed by atoms with Crippen LogP contribution in [0.4, 0.5) is 5.95 Å². The topological polar surface area (TPSA) is 96.7 Å². The van der Waals surface area contributed by atoms with Crippen LogP contribution >= 0.6 is 0 Å². The van der Waals surface area contributed by atoms with Gasteiger partial charge >= 0.3 is 0 Å². The van der Waals surface area contributed by atoms with Gasteiger partial charge in [0.05, 0.1) is 6.04 Å². The molecule has 0 bridgehead atoms. The molecule has 1 unspecified atom stereocenters. The predicted octanol–water partition coefficient (Wildman–Crippen LogP) is 0.173. The fraction of sp³-hybridized carbons (Fsp3) is 0.625. The quantitative estimate of drug-likeness (QED) is 0.640. The summed E-state index contributed by atoms with van der Waals surface area (Å²) in [5.41, 5.74) is 5.58. The third kappa shape index (κ3) is 1.90. The van der Waals surface area contributed by atoms with Crippen molar-refractivity contribution >= 4 is 11.9 Å². The fourth-order valence-corrected chi connectivity index (χ4v) is 1.09. The summed E-state index contributed by atoms with van der Waals surface area (Å²) in [7, 11) is 0. The average molecular weight is 195 g/mol. The molecule has 0 aliphatic heterocycles. The van der Waals surface area contributed by atoms with Gasteiger partial charge in [-0.05, 0) is 19.8 Å². The van der Waals surface area contributed by atoms with Gasteiger partial charge in [-0.3, -0.25) is 15.2 Å². The van der Waals surface area contributed by atoms with Gasteiger partial charge < -0.3 is 5.73 Å². The molecule has 4 N–H and O–H groups in total. The van der Waals surface area contributed by atoms with E-state index in [1.54, 1.807) is 6.92 Å². The van der Waals surface area contributed by atoms with E-state index in [0.29, 0.717) is 11.8 Å². The second-order valence-electron chi connectivity index (χ2n) is 3.60. The minimum Gasteiger partial charge on any atom is -0.322 e. The van der Waals surface area contributed by atoms with Crippen LogP contribution in [0.15, 0.2) is 0 Å². The Morgan fingerprint density at radius 2 is 2.43 bits per heavy atom. The molecule has 1 amide bonds. The highest BCUT2D eigenvalue weighted by molar-refractivity contribution is 5.92. The summed E-state index contributed by atoms with van der Waals surface area (Å²) in [5.74, 6) is 1.05. The Kier molecular flexibility index (Phi) is 2.20. The van der Waals surface area contributed by atoms with Gasteiger partial charge in [0.25, 0.3) is 0 Å². The van der Waals surface area contributed by atoms with Gasteiger partial charge in [-0.1, -0.05) is 0 Å². The van der Waals surface area contributed by atoms with Gasteiger partial charge in [0.2, 0.25) is 11.9 Å². The Balaban J connectivity index is 1.98. The molecule has 1 aliphatic carbocycles. The molecule has 1 saturated carbocycles. The van der Waals surface area contributed by atoms with E-state index < -0.39 is 0 Å². The van der Waals surface area contributed by atoms with E-state index in [9.17, 15) is 4.79 Å². The van der Waals surface area contributed by atoms with Crippen molar-refractivity contribution in [3.63, 3.8) is 0 Å². The zero-order valence-corrected chi connectivity index (χ0v) is 7.95. The number of nitrogens with zero attached hydrogens (tertiary/aromatic N) is 2. The summed E-state index contributed by atoms with van der Waals surface area (Å²) < 4.78 is 0. The molecule has 1 atom stereocenters. The maximum atomic E-state index is 11.3. The molecule has 76 valence electrons. The first-order chi connectivity index (χ1) is 6.66. The van der Waals surface area contributed by atoms with Gasteiger partial charge in [0.1, 0.15) is 5.82 Å². The molecule has 1 heterocycles. The SMILES string of the molecule is CC(N)c1nc(NC(=O)C2CC2)n[nH]1. The zero-order chi connectivity index (χ0) is 10.1. The highest BCUT2D eigenvalue weighted by atomic mass is 16.2. The molecule has 1 aliphatic rings. The van der Waals surface area contributed by atoms with E-state index in [1.807, 2.05) is 0 Å². The van der Waals surface area contributed by atoms with Crippen LogP contribution in [-0.4, -0.2) is 21.1 Å². The van der Waals surface area contributed by atoms with Gasteiger partial charge in [0, 0.05) is 5.92 Å². The second kappa shape index (κ2) is 3.38. The first-order valence-corrected chi connectivity index (χ1v) is 4.65. The van der Waals surface area contributed by atoms with E-state index in [1.165, 1.54) is 0 Å². The maximum absolute atomic E-state index is 11.3. The molecule has 1 fully saturated rings. The number of hydrogen-bond donors (Lipinski definition) is 3. The highest BCUT2D eigenvalue weighted by Crippen LogP contribution is 2.29. The first kappa shape index (κ1) is 9.14. The molecular formula is C8H13N5O. The number of hydrogen-bond acceptors (Lipinski definition) is 4. The summed E-state index contributed by atoms with van der Waals surface area (Å²) in [6.07, 6.45) is 1.94. The lowest BCUT2D eigenvalue weighted by Gasteiger charge is -1.97. The lowest BCUT2D eigenvalue weighted by Crippen LogP contribution is -2.14. The number of amides is 1. The smallest absolute Gasteiger partial charge is 0.248 e. The van der Waals surface area contributed by atoms with E-state index in [-0.39, 0.29) is 17.9 Å². The molecule has 6 nitrogen and oxygen atoms in total. The van der Waals surface area contributed by atoms with E-state index in [4.69, 9.17) is 5.73 Å². The Labute approximate surface area is 81.3 Å². The van der Waals surface area contributed by atoms with Crippen molar-refractivity contribution < 1.29 is 4.79 Å². The molecule has 0 saturated heterocycles. The monoisotopic (exact) mass is 195 g/mol. The van der Waals surface area contributed by atoms with Gasteiger partial charge in [-0.2, -0.15) is 4.98 Å². The lowest BCUT2D eigenvalue weighted by atomic mass is 10.3. The number of aromatic amines is 1. The summed E-state index contributed by atoms with van der Waals surface area (Å²) >= 11 is 0. The number of carbonyl (C=O) groups is 1. The number of anilines is 1. The Hall–Kier alpha value is -1.43. The number of H-pyrrole nitrogens is 1. The highest BCUT2D eigenvalue weighted by Gasteiger charge is 2.30. The van der Waals surface area contributed by atoms with Crippen molar-refractivity contribution in [2.24, 2.45) is 11.7 Å². The Bertz CT molecular complexity index is 341. The van der Waals surface area contributed by atoms with Crippen molar-refractivity contribution in [3.05, 3.63) is 5.82 Å². The lowest BCUT2D eigenvalue weighted by molar-refractivity contribution is -0.117. The number of nitrogens with two attached hydrogens (primary N) is 1. The molecule has 1 aromatic rings. The van der Waals surface area contributed by atoms with E-state index >= 15 is 0 Å². The van der Waals surface area contributed by atoms with Crippen LogP contribution in [0.1, 0.15) is 31.6 Å². The van der Waals surface area contributed by atoms with Crippen LogP contribution in [0.5, 0.6) is 0 Å². The summed E-state index contributed by atoms with van der Waals surface area (Å²) in [5, 5.41) is 9.14. The fourth-order valence-electron chi connectivity index (χ4n) is 1.09. The van der Waals surface area contributed by atoms with Gasteiger partial charge in [-0.15, -0.1) is 5.10 Å². The number of nitrogens with one attached hydrogen (secondary N) is 2. The van der Waals surface area contributed by atoms with Crippen molar-refractivity contribution in [3.8, 4) is 0 Å². The number of aromatic nitrogens is 3. The van der Waals surface area contributed by atoms with Crippen LogP contribution in [0.2, 0.25) is 0 Å². The summed E-state index contributed by atoms with van der Waals surface area (Å²) in [6.45, 7) is 1.80. The number of carbonyl (C=O) groups excluding carboxylic acids is 1. The summed E-state index contributed by atoms with van der Waals surface area (Å²) in [6, 6.07) is -0.200. The minimum absolute atomic E-state index is 0.000208. The molecule has 2 rings (SSSR count). The van der Waals surface area contributed by atoms with Crippen LogP contribution in [0, 0.1) is 5.92 Å². The third-order valence-corrected chi connectivity index (χ3v) is 2.12. The minimum atomic E-state index is -0.200. The third-order valence-electron chi connectivity index (χ3n) is 2.12. The molecule has 1 aromatic heterocycles. The van der Waals surface area contributed by atoms with E-state index in [2.05, 4.69) is 20.5 Å². The average Bonchev–Trinajstić information content (AvgIpc) is 2.87. The van der Waals surface area contributed by atoms with Crippen LogP contribution in [-0.2, 0) is 4.79 Å². The predicted molar refractivity (Wildman–Crippen MR) is 50.3 cm³/mol. The van der Waals surface area contributed by atoms with Crippen LogP contribution in [0.3, 0.4) is 0 Å². The van der Waals surface area contributed by atoms with Crippen molar-refractivity contribution in [1.29, 1.82) is 0 Å². The molecule has 0 spiro atoms. The molecule has 6 heteroatoms. The first-order valence-electron chi connectivity index (χ1n) is 4.65. The Morgan fingerprint density at radius 3 is 2.93 bits per heavy atom. The number of rotatable bonds is 3. The Morgan fingerprint density at radius 1 is 1.71 bits per heavy atom. The van der Waals surface area contributed by atoms with Crippen LogP contribution in [0.25, 0.3) is 0 Å². The standard InChI is InChI=1S/C8H13N5O/c1-4(9)6-10-8(13-12-6)11-7(14)5-2-3-5/h4-5H,2-3,9H2,1H3,(H2,10,11,12,13,14). The largest absolute Gasteiger partial charge is 0.322 e. The normalized spacial score (nSPS) is 17.9. The maximum Gasteiger partial charge on any atom is 0.248 e. The van der Waals surface area contributed by atoms with E-state index in [0.717, 1.165) is 12.8 Å².